The molecule has 1 aromatic carbocycles. The topological polar surface area (TPSA) is 105 Å². The lowest BCUT2D eigenvalue weighted by Gasteiger charge is -2.32. The Kier molecular flexibility index (Phi) is 5.17. The molecule has 2 rings (SSSR count). The summed E-state index contributed by atoms with van der Waals surface area (Å²) in [4.78, 5) is 36.6. The Morgan fingerprint density at radius 3 is 2.83 bits per heavy atom. The fourth-order valence-corrected chi connectivity index (χ4v) is 2.20. The fraction of sp³-hybridized carbons (Fsp3) is 0.400. The Hall–Kier alpha value is -2.61. The van der Waals surface area contributed by atoms with Gasteiger partial charge in [0.25, 0.3) is 5.91 Å². The third kappa shape index (κ3) is 3.78. The van der Waals surface area contributed by atoms with Crippen LogP contribution in [0.25, 0.3) is 0 Å². The first-order chi connectivity index (χ1) is 10.9. The van der Waals surface area contributed by atoms with Crippen LogP contribution in [0.1, 0.15) is 17.3 Å². The number of fused-ring (bicyclic) bond motifs is 1. The molecule has 2 N–H and O–H groups in total. The van der Waals surface area contributed by atoms with Crippen molar-refractivity contribution in [3.05, 3.63) is 23.8 Å². The van der Waals surface area contributed by atoms with Gasteiger partial charge in [0.1, 0.15) is 12.3 Å². The summed E-state index contributed by atoms with van der Waals surface area (Å²) in [5.74, 6) is -1.52. The predicted octanol–water partition coefficient (Wildman–Crippen LogP) is 0.261. The highest BCUT2D eigenvalue weighted by Crippen LogP contribution is 2.34. The summed E-state index contributed by atoms with van der Waals surface area (Å²) in [6.07, 6.45) is -0.745. The van der Waals surface area contributed by atoms with Crippen LogP contribution in [0.3, 0.4) is 0 Å². The second kappa shape index (κ2) is 7.10. The molecule has 0 aromatic heterocycles. The van der Waals surface area contributed by atoms with Crippen LogP contribution in [-0.4, -0.2) is 55.8 Å². The minimum atomic E-state index is -1.12. The Labute approximate surface area is 133 Å². The smallest absolute Gasteiger partial charge is 0.335 e. The highest BCUT2D eigenvalue weighted by Gasteiger charge is 2.33. The summed E-state index contributed by atoms with van der Waals surface area (Å²) in [6.45, 7) is 2.04. The van der Waals surface area contributed by atoms with E-state index < -0.39 is 18.0 Å². The van der Waals surface area contributed by atoms with E-state index in [4.69, 9.17) is 14.6 Å². The van der Waals surface area contributed by atoms with Crippen molar-refractivity contribution in [2.75, 3.05) is 31.7 Å². The molecule has 23 heavy (non-hydrogen) atoms. The van der Waals surface area contributed by atoms with Crippen molar-refractivity contribution >= 4 is 23.5 Å². The first-order valence-electron chi connectivity index (χ1n) is 7.05. The van der Waals surface area contributed by atoms with Crippen molar-refractivity contribution in [3.63, 3.8) is 0 Å². The number of carbonyl (C=O) groups excluding carboxylic acids is 2. The number of rotatable bonds is 6. The van der Waals surface area contributed by atoms with E-state index in [-0.39, 0.29) is 23.7 Å². The summed E-state index contributed by atoms with van der Waals surface area (Å²) < 4.78 is 10.3. The van der Waals surface area contributed by atoms with Gasteiger partial charge in [-0.2, -0.15) is 0 Å². The number of methoxy groups -OCH3 is 1. The van der Waals surface area contributed by atoms with E-state index in [0.717, 1.165) is 0 Å². The number of nitrogens with zero attached hydrogens (tertiary/aromatic N) is 1. The van der Waals surface area contributed by atoms with Gasteiger partial charge in [0.05, 0.1) is 17.9 Å². The third-order valence-corrected chi connectivity index (χ3v) is 3.34. The van der Waals surface area contributed by atoms with E-state index in [0.29, 0.717) is 18.9 Å². The quantitative estimate of drug-likeness (QED) is 0.728. The summed E-state index contributed by atoms with van der Waals surface area (Å²) in [5, 5.41) is 11.7. The van der Waals surface area contributed by atoms with Gasteiger partial charge in [0.15, 0.2) is 6.10 Å². The number of anilines is 1. The number of ether oxygens (including phenoxy) is 2. The minimum Gasteiger partial charge on any atom is -0.479 e. The molecule has 1 heterocycles. The van der Waals surface area contributed by atoms with Crippen molar-refractivity contribution in [1.82, 2.24) is 5.32 Å². The van der Waals surface area contributed by atoms with E-state index in [1.165, 1.54) is 30.2 Å². The van der Waals surface area contributed by atoms with Crippen LogP contribution in [0.2, 0.25) is 0 Å². The molecule has 1 aliphatic rings. The molecular weight excluding hydrogens is 304 g/mol. The van der Waals surface area contributed by atoms with Crippen molar-refractivity contribution < 1.29 is 29.0 Å². The Balaban J connectivity index is 2.24. The lowest BCUT2D eigenvalue weighted by molar-refractivity contribution is -0.128. The minimum absolute atomic E-state index is 0.0134. The zero-order chi connectivity index (χ0) is 17.0. The number of hydrogen-bond donors (Lipinski definition) is 2. The molecule has 0 saturated carbocycles. The van der Waals surface area contributed by atoms with Gasteiger partial charge in [-0.3, -0.25) is 14.5 Å². The number of carbonyl (C=O) groups is 3. The van der Waals surface area contributed by atoms with Gasteiger partial charge in [-0.25, -0.2) is 4.79 Å². The van der Waals surface area contributed by atoms with Gasteiger partial charge < -0.3 is 19.9 Å². The maximum atomic E-state index is 12.3. The van der Waals surface area contributed by atoms with Crippen molar-refractivity contribution in [2.24, 2.45) is 0 Å². The Bertz CT molecular complexity index is 630. The van der Waals surface area contributed by atoms with Gasteiger partial charge in [-0.1, -0.05) is 0 Å². The molecule has 0 bridgehead atoms. The first-order valence-corrected chi connectivity index (χ1v) is 7.05. The molecule has 1 unspecified atom stereocenters. The van der Waals surface area contributed by atoms with E-state index in [2.05, 4.69) is 5.32 Å². The molecule has 124 valence electrons. The van der Waals surface area contributed by atoms with Gasteiger partial charge >= 0.3 is 5.97 Å². The first kappa shape index (κ1) is 16.8. The standard InChI is InChI=1S/C15H18N2O6/c1-9-14(19)17(8-13(18)16-5-6-22-2)11-7-10(15(20)21)3-4-12(11)23-9/h3-4,7,9H,5-6,8H2,1-2H3,(H,16,18)(H,20,21). The van der Waals surface area contributed by atoms with Gasteiger partial charge in [0, 0.05) is 13.7 Å². The SMILES string of the molecule is COCCNC(=O)CN1C(=O)C(C)Oc2ccc(C(=O)O)cc21. The fourth-order valence-electron chi connectivity index (χ4n) is 2.20. The molecule has 0 fully saturated rings. The molecule has 8 heteroatoms. The number of hydrogen-bond acceptors (Lipinski definition) is 5. The van der Waals surface area contributed by atoms with Crippen LogP contribution >= 0.6 is 0 Å². The maximum absolute atomic E-state index is 12.3. The number of carboxylic acids is 1. The lowest BCUT2D eigenvalue weighted by Crippen LogP contribution is -2.49. The molecule has 1 aromatic rings. The summed E-state index contributed by atoms with van der Waals surface area (Å²) in [5.41, 5.74) is 0.286. The number of amides is 2. The summed E-state index contributed by atoms with van der Waals surface area (Å²) in [6, 6.07) is 4.20. The van der Waals surface area contributed by atoms with E-state index in [1.807, 2.05) is 0 Å². The molecule has 1 atom stereocenters. The number of benzene rings is 1. The number of nitrogens with one attached hydrogen (secondary N) is 1. The van der Waals surface area contributed by atoms with Crippen LogP contribution in [0.4, 0.5) is 5.69 Å². The normalized spacial score (nSPS) is 16.5. The molecule has 0 saturated heterocycles. The van der Waals surface area contributed by atoms with E-state index >= 15 is 0 Å². The van der Waals surface area contributed by atoms with Crippen molar-refractivity contribution in [2.45, 2.75) is 13.0 Å². The summed E-state index contributed by atoms with van der Waals surface area (Å²) >= 11 is 0. The maximum Gasteiger partial charge on any atom is 0.335 e. The molecule has 0 spiro atoms. The van der Waals surface area contributed by atoms with Crippen LogP contribution < -0.4 is 15.0 Å². The zero-order valence-corrected chi connectivity index (χ0v) is 12.9. The van der Waals surface area contributed by atoms with Crippen LogP contribution in [0.15, 0.2) is 18.2 Å². The second-order valence-corrected chi connectivity index (χ2v) is 5.01. The molecular formula is C15H18N2O6. The van der Waals surface area contributed by atoms with E-state index in [1.54, 1.807) is 6.92 Å². The second-order valence-electron chi connectivity index (χ2n) is 5.01. The lowest BCUT2D eigenvalue weighted by atomic mass is 10.1. The largest absolute Gasteiger partial charge is 0.479 e. The van der Waals surface area contributed by atoms with Crippen LogP contribution in [0, 0.1) is 0 Å². The molecule has 8 nitrogen and oxygen atoms in total. The van der Waals surface area contributed by atoms with Crippen molar-refractivity contribution in [3.8, 4) is 5.75 Å². The highest BCUT2D eigenvalue weighted by atomic mass is 16.5. The van der Waals surface area contributed by atoms with Crippen LogP contribution in [0.5, 0.6) is 5.75 Å². The average molecular weight is 322 g/mol. The van der Waals surface area contributed by atoms with Gasteiger partial charge in [-0.05, 0) is 25.1 Å². The third-order valence-electron chi connectivity index (χ3n) is 3.34. The monoisotopic (exact) mass is 322 g/mol. The predicted molar refractivity (Wildman–Crippen MR) is 80.7 cm³/mol. The number of aromatic carboxylic acids is 1. The zero-order valence-electron chi connectivity index (χ0n) is 12.9. The van der Waals surface area contributed by atoms with Gasteiger partial charge in [-0.15, -0.1) is 0 Å². The summed E-state index contributed by atoms with van der Waals surface area (Å²) in [7, 11) is 1.52. The average Bonchev–Trinajstić information content (AvgIpc) is 2.51. The highest BCUT2D eigenvalue weighted by molar-refractivity contribution is 6.04. The Morgan fingerprint density at radius 2 is 2.17 bits per heavy atom. The molecule has 0 radical (unpaired) electrons. The number of carboxylic acid groups (broad SMARTS) is 1. The Morgan fingerprint density at radius 1 is 1.43 bits per heavy atom. The molecule has 0 aliphatic carbocycles. The molecule has 2 amide bonds. The van der Waals surface area contributed by atoms with E-state index in [9.17, 15) is 14.4 Å². The molecule has 1 aliphatic heterocycles. The van der Waals surface area contributed by atoms with Gasteiger partial charge in [0.2, 0.25) is 5.91 Å². The van der Waals surface area contributed by atoms with Crippen LogP contribution in [-0.2, 0) is 14.3 Å². The van der Waals surface area contributed by atoms with Crippen molar-refractivity contribution in [1.29, 1.82) is 0 Å².